The van der Waals surface area contributed by atoms with Gasteiger partial charge in [-0.2, -0.15) is 5.26 Å². The van der Waals surface area contributed by atoms with Crippen LogP contribution >= 0.6 is 11.3 Å². The molecule has 0 saturated heterocycles. The van der Waals surface area contributed by atoms with E-state index in [1.165, 1.54) is 0 Å². The highest BCUT2D eigenvalue weighted by atomic mass is 32.1. The van der Waals surface area contributed by atoms with Gasteiger partial charge in [0.15, 0.2) is 0 Å². The number of hydrogen-bond acceptors (Lipinski definition) is 6. The van der Waals surface area contributed by atoms with Crippen molar-refractivity contribution in [2.75, 3.05) is 0 Å². The van der Waals surface area contributed by atoms with E-state index in [0.29, 0.717) is 24.2 Å². The minimum atomic E-state index is -0.649. The summed E-state index contributed by atoms with van der Waals surface area (Å²) in [6.07, 6.45) is 5.06. The van der Waals surface area contributed by atoms with Crippen molar-refractivity contribution in [1.29, 1.82) is 5.26 Å². The number of hydrogen-bond donors (Lipinski definition) is 1. The number of nitriles is 1. The first-order valence-corrected chi connectivity index (χ1v) is 9.47. The van der Waals surface area contributed by atoms with Gasteiger partial charge in [-0.3, -0.25) is 14.8 Å². The largest absolute Gasteiger partial charge is 0.387 e. The van der Waals surface area contributed by atoms with Crippen molar-refractivity contribution < 1.29 is 4.79 Å². The number of aliphatic imine (C=N–C) groups is 1. The van der Waals surface area contributed by atoms with Gasteiger partial charge in [-0.05, 0) is 38.0 Å². The molecule has 2 atom stereocenters. The molecule has 1 unspecified atom stereocenters. The molecule has 5 nitrogen and oxygen atoms in total. The van der Waals surface area contributed by atoms with Gasteiger partial charge in [0, 0.05) is 46.5 Å². The van der Waals surface area contributed by atoms with Crippen molar-refractivity contribution >= 4 is 23.0 Å². The monoisotopic (exact) mass is 366 g/mol. The Kier molecular flexibility index (Phi) is 4.92. The molecule has 3 heterocycles. The van der Waals surface area contributed by atoms with Crippen LogP contribution in [0.25, 0.3) is 10.4 Å². The van der Waals surface area contributed by atoms with Crippen LogP contribution in [0, 0.1) is 24.2 Å². The normalized spacial score (nSPS) is 23.7. The molecule has 0 bridgehead atoms. The van der Waals surface area contributed by atoms with Crippen LogP contribution in [0.15, 0.2) is 29.5 Å². The van der Waals surface area contributed by atoms with Gasteiger partial charge in [0.2, 0.25) is 0 Å². The van der Waals surface area contributed by atoms with Crippen molar-refractivity contribution in [3.05, 3.63) is 40.5 Å². The first-order chi connectivity index (χ1) is 12.3. The van der Waals surface area contributed by atoms with E-state index in [4.69, 9.17) is 16.0 Å². The summed E-state index contributed by atoms with van der Waals surface area (Å²) in [5.74, 6) is 0.831. The average molecular weight is 366 g/mol. The Morgan fingerprint density at radius 1 is 1.38 bits per heavy atom. The molecule has 1 aliphatic heterocycles. The molecule has 2 aromatic heterocycles. The summed E-state index contributed by atoms with van der Waals surface area (Å²) in [5.41, 5.74) is 7.98. The van der Waals surface area contributed by atoms with Crippen LogP contribution in [0.3, 0.4) is 0 Å². The fourth-order valence-corrected chi connectivity index (χ4v) is 4.50. The van der Waals surface area contributed by atoms with Crippen LogP contribution in [-0.2, 0) is 10.3 Å². The molecular weight excluding hydrogens is 344 g/mol. The number of nitrogens with two attached hydrogens (primary N) is 1. The highest BCUT2D eigenvalue weighted by Crippen LogP contribution is 2.42. The molecule has 26 heavy (non-hydrogen) atoms. The van der Waals surface area contributed by atoms with E-state index in [0.717, 1.165) is 27.3 Å². The molecule has 0 saturated carbocycles. The van der Waals surface area contributed by atoms with Crippen molar-refractivity contribution in [3.8, 4) is 16.5 Å². The summed E-state index contributed by atoms with van der Waals surface area (Å²) in [6, 6.07) is 6.04. The Morgan fingerprint density at radius 3 is 2.88 bits per heavy atom. The zero-order chi connectivity index (χ0) is 18.9. The van der Waals surface area contributed by atoms with Gasteiger partial charge in [0.25, 0.3) is 0 Å². The number of carbonyl (C=O) groups is 1. The molecule has 0 amide bonds. The summed E-state index contributed by atoms with van der Waals surface area (Å²) in [4.78, 5) is 23.5. The van der Waals surface area contributed by atoms with Gasteiger partial charge in [0.1, 0.15) is 17.4 Å². The van der Waals surface area contributed by atoms with Gasteiger partial charge in [-0.25, -0.2) is 0 Å². The van der Waals surface area contributed by atoms with Gasteiger partial charge in [0.05, 0.1) is 11.4 Å². The van der Waals surface area contributed by atoms with Gasteiger partial charge in [-0.15, -0.1) is 11.3 Å². The van der Waals surface area contributed by atoms with E-state index in [1.807, 2.05) is 26.8 Å². The van der Waals surface area contributed by atoms with E-state index in [-0.39, 0.29) is 11.7 Å². The maximum atomic E-state index is 12.6. The maximum absolute atomic E-state index is 12.6. The van der Waals surface area contributed by atoms with E-state index in [9.17, 15) is 4.79 Å². The number of thiophene rings is 1. The summed E-state index contributed by atoms with van der Waals surface area (Å²) in [6.45, 7) is 5.97. The predicted molar refractivity (Wildman–Crippen MR) is 104 cm³/mol. The first kappa shape index (κ1) is 18.3. The minimum Gasteiger partial charge on any atom is -0.387 e. The lowest BCUT2D eigenvalue weighted by Crippen LogP contribution is -2.32. The molecule has 2 aromatic rings. The lowest BCUT2D eigenvalue weighted by Gasteiger charge is -2.28. The molecule has 0 aromatic carbocycles. The lowest BCUT2D eigenvalue weighted by molar-refractivity contribution is -0.123. The standard InChI is InChI=1S/C20H22N4OS/c1-12-4-5-18(22)24-20(3,8-16(12)25)17-6-13(2)19(26-17)15-7-14(9-21)10-23-11-15/h6-7,10-12H,4-5,8H2,1-3H3,(H2,22,24)/t12?,20-/m0/s1. The number of nitrogens with zero attached hydrogens (tertiary/aromatic N) is 3. The minimum absolute atomic E-state index is 0.000384. The quantitative estimate of drug-likeness (QED) is 0.871. The fraction of sp³-hybridized carbons (Fsp3) is 0.400. The van der Waals surface area contributed by atoms with Crippen LogP contribution in [0.2, 0.25) is 0 Å². The topological polar surface area (TPSA) is 92.1 Å². The summed E-state index contributed by atoms with van der Waals surface area (Å²) in [5, 5.41) is 9.11. The first-order valence-electron chi connectivity index (χ1n) is 8.66. The number of Topliss-reactive ketones (excluding diaryl/α,β-unsaturated/α-hetero) is 1. The SMILES string of the molecule is Cc1cc([C@]2(C)CC(=O)C(C)CCC(N)=N2)sc1-c1cncc(C#N)c1. The molecule has 3 rings (SSSR count). The highest BCUT2D eigenvalue weighted by Gasteiger charge is 2.35. The molecular formula is C20H22N4OS. The van der Waals surface area contributed by atoms with Crippen molar-refractivity contribution in [2.45, 2.75) is 45.6 Å². The number of ketones is 1. The van der Waals surface area contributed by atoms with Crippen molar-refractivity contribution in [1.82, 2.24) is 4.98 Å². The molecule has 0 aliphatic carbocycles. The Labute approximate surface area is 157 Å². The second kappa shape index (κ2) is 7.00. The zero-order valence-corrected chi connectivity index (χ0v) is 16.1. The fourth-order valence-electron chi connectivity index (χ4n) is 3.25. The number of pyridine rings is 1. The summed E-state index contributed by atoms with van der Waals surface area (Å²) in [7, 11) is 0. The number of aryl methyl sites for hydroxylation is 1. The van der Waals surface area contributed by atoms with E-state index >= 15 is 0 Å². The molecule has 0 fully saturated rings. The Morgan fingerprint density at radius 2 is 2.15 bits per heavy atom. The van der Waals surface area contributed by atoms with Crippen molar-refractivity contribution in [2.24, 2.45) is 16.6 Å². The van der Waals surface area contributed by atoms with Crippen LogP contribution in [0.1, 0.15) is 49.1 Å². The summed E-state index contributed by atoms with van der Waals surface area (Å²) >= 11 is 1.59. The molecule has 1 aliphatic rings. The van der Waals surface area contributed by atoms with E-state index in [1.54, 1.807) is 23.7 Å². The number of carbonyl (C=O) groups excluding carboxylic acids is 1. The third-order valence-corrected chi connectivity index (χ3v) is 6.41. The average Bonchev–Trinajstić information content (AvgIpc) is 3.01. The number of rotatable bonds is 2. The number of aromatic nitrogens is 1. The molecule has 6 heteroatoms. The third kappa shape index (κ3) is 3.54. The Hall–Kier alpha value is -2.52. The molecule has 0 radical (unpaired) electrons. The van der Waals surface area contributed by atoms with Gasteiger partial charge >= 0.3 is 0 Å². The van der Waals surface area contributed by atoms with Crippen LogP contribution in [-0.4, -0.2) is 16.6 Å². The molecule has 134 valence electrons. The van der Waals surface area contributed by atoms with Gasteiger partial charge < -0.3 is 5.73 Å². The van der Waals surface area contributed by atoms with Crippen LogP contribution < -0.4 is 5.73 Å². The maximum Gasteiger partial charge on any atom is 0.138 e. The van der Waals surface area contributed by atoms with E-state index < -0.39 is 5.54 Å². The lowest BCUT2D eigenvalue weighted by atomic mass is 9.85. The summed E-state index contributed by atoms with van der Waals surface area (Å²) < 4.78 is 0. The second-order valence-electron chi connectivity index (χ2n) is 7.16. The highest BCUT2D eigenvalue weighted by molar-refractivity contribution is 7.15. The molecule has 2 N–H and O–H groups in total. The zero-order valence-electron chi connectivity index (χ0n) is 15.2. The Bertz CT molecular complexity index is 924. The van der Waals surface area contributed by atoms with Gasteiger partial charge in [-0.1, -0.05) is 6.92 Å². The van der Waals surface area contributed by atoms with Crippen LogP contribution in [0.5, 0.6) is 0 Å². The van der Waals surface area contributed by atoms with Crippen LogP contribution in [0.4, 0.5) is 0 Å². The second-order valence-corrected chi connectivity index (χ2v) is 8.21. The number of amidine groups is 1. The predicted octanol–water partition coefficient (Wildman–Crippen LogP) is 3.95. The smallest absolute Gasteiger partial charge is 0.138 e. The van der Waals surface area contributed by atoms with Crippen molar-refractivity contribution in [3.63, 3.8) is 0 Å². The molecule has 0 spiro atoms. The van der Waals surface area contributed by atoms with E-state index in [2.05, 4.69) is 17.1 Å². The third-order valence-electron chi connectivity index (χ3n) is 4.87. The Balaban J connectivity index is 2.06.